The van der Waals surface area contributed by atoms with E-state index in [0.29, 0.717) is 25.9 Å². The molecule has 3 rings (SSSR count). The van der Waals surface area contributed by atoms with Crippen LogP contribution in [0.1, 0.15) is 17.5 Å². The molecule has 114 valence electrons. The summed E-state index contributed by atoms with van der Waals surface area (Å²) in [7, 11) is -2.88. The second-order valence-corrected chi connectivity index (χ2v) is 8.15. The Hall–Kier alpha value is -1.40. The number of nitrogens with one attached hydrogen (secondary N) is 2. The summed E-state index contributed by atoms with van der Waals surface area (Å²) in [5.41, 5.74) is 2.45. The van der Waals surface area contributed by atoms with Crippen molar-refractivity contribution in [2.75, 3.05) is 18.1 Å². The number of amides is 1. The summed E-state index contributed by atoms with van der Waals surface area (Å²) in [6.45, 7) is 1.16. The van der Waals surface area contributed by atoms with E-state index in [1.54, 1.807) is 0 Å². The van der Waals surface area contributed by atoms with Gasteiger partial charge in [0.25, 0.3) is 0 Å². The van der Waals surface area contributed by atoms with Gasteiger partial charge < -0.3 is 10.6 Å². The molecule has 1 aromatic rings. The number of carbonyl (C=O) groups excluding carboxylic acids is 1. The summed E-state index contributed by atoms with van der Waals surface area (Å²) in [4.78, 5) is 12.2. The molecule has 0 saturated carbocycles. The van der Waals surface area contributed by atoms with Gasteiger partial charge in [-0.05, 0) is 29.9 Å². The van der Waals surface area contributed by atoms with Gasteiger partial charge in [0.15, 0.2) is 9.84 Å². The lowest BCUT2D eigenvalue weighted by Gasteiger charge is -2.25. The van der Waals surface area contributed by atoms with E-state index in [-0.39, 0.29) is 29.4 Å². The highest BCUT2D eigenvalue weighted by molar-refractivity contribution is 7.91. The molecule has 1 amide bonds. The van der Waals surface area contributed by atoms with Crippen LogP contribution in [-0.4, -0.2) is 38.4 Å². The molecule has 1 fully saturated rings. The first kappa shape index (κ1) is 14.5. The van der Waals surface area contributed by atoms with Crippen LogP contribution >= 0.6 is 0 Å². The second-order valence-electron chi connectivity index (χ2n) is 5.92. The SMILES string of the molecule is O=C(NCC1CCS(=O)(=O)C1)C1Cc2ccccc2CN1. The van der Waals surface area contributed by atoms with E-state index in [1.807, 2.05) is 12.1 Å². The highest BCUT2D eigenvalue weighted by atomic mass is 32.2. The molecule has 0 spiro atoms. The van der Waals surface area contributed by atoms with Gasteiger partial charge in [-0.15, -0.1) is 0 Å². The number of fused-ring (bicyclic) bond motifs is 1. The topological polar surface area (TPSA) is 75.3 Å². The predicted molar refractivity (Wildman–Crippen MR) is 80.5 cm³/mol. The normalized spacial score (nSPS) is 27.0. The van der Waals surface area contributed by atoms with E-state index in [0.717, 1.165) is 0 Å². The summed E-state index contributed by atoms with van der Waals surface area (Å²) < 4.78 is 22.8. The van der Waals surface area contributed by atoms with Crippen LogP contribution in [0.5, 0.6) is 0 Å². The molecule has 1 saturated heterocycles. The summed E-state index contributed by atoms with van der Waals surface area (Å²) >= 11 is 0. The maximum atomic E-state index is 12.2. The Morgan fingerprint density at radius 2 is 2.05 bits per heavy atom. The fraction of sp³-hybridized carbons (Fsp3) is 0.533. The molecule has 0 bridgehead atoms. The van der Waals surface area contributed by atoms with E-state index >= 15 is 0 Å². The van der Waals surface area contributed by atoms with Crippen molar-refractivity contribution in [3.8, 4) is 0 Å². The van der Waals surface area contributed by atoms with Crippen molar-refractivity contribution < 1.29 is 13.2 Å². The molecule has 1 aromatic carbocycles. The van der Waals surface area contributed by atoms with E-state index < -0.39 is 9.84 Å². The highest BCUT2D eigenvalue weighted by Crippen LogP contribution is 2.18. The quantitative estimate of drug-likeness (QED) is 0.839. The third kappa shape index (κ3) is 3.44. The molecule has 2 atom stereocenters. The minimum Gasteiger partial charge on any atom is -0.354 e. The Bertz CT molecular complexity index is 642. The van der Waals surface area contributed by atoms with E-state index in [4.69, 9.17) is 0 Å². The van der Waals surface area contributed by atoms with Gasteiger partial charge in [0.2, 0.25) is 5.91 Å². The Labute approximate surface area is 125 Å². The zero-order valence-electron chi connectivity index (χ0n) is 11.8. The minimum absolute atomic E-state index is 0.0335. The number of rotatable bonds is 3. The van der Waals surface area contributed by atoms with Gasteiger partial charge in [-0.25, -0.2) is 8.42 Å². The van der Waals surface area contributed by atoms with E-state index in [9.17, 15) is 13.2 Å². The largest absolute Gasteiger partial charge is 0.354 e. The average Bonchev–Trinajstić information content (AvgIpc) is 2.83. The highest BCUT2D eigenvalue weighted by Gasteiger charge is 2.29. The molecule has 5 nitrogen and oxygen atoms in total. The van der Waals surface area contributed by atoms with Crippen LogP contribution < -0.4 is 10.6 Å². The molecule has 21 heavy (non-hydrogen) atoms. The van der Waals surface area contributed by atoms with Crippen molar-refractivity contribution >= 4 is 15.7 Å². The Balaban J connectivity index is 1.53. The van der Waals surface area contributed by atoms with Gasteiger partial charge in [-0.1, -0.05) is 24.3 Å². The smallest absolute Gasteiger partial charge is 0.237 e. The molecule has 0 aromatic heterocycles. The minimum atomic E-state index is -2.88. The fourth-order valence-corrected chi connectivity index (χ4v) is 4.90. The number of sulfone groups is 1. The lowest BCUT2D eigenvalue weighted by atomic mass is 9.95. The average molecular weight is 308 g/mol. The van der Waals surface area contributed by atoms with Crippen LogP contribution in [0.3, 0.4) is 0 Å². The van der Waals surface area contributed by atoms with Gasteiger partial charge >= 0.3 is 0 Å². The van der Waals surface area contributed by atoms with Crippen LogP contribution in [0.2, 0.25) is 0 Å². The van der Waals surface area contributed by atoms with Gasteiger partial charge in [0.05, 0.1) is 17.5 Å². The lowest BCUT2D eigenvalue weighted by molar-refractivity contribution is -0.123. The zero-order chi connectivity index (χ0) is 14.9. The standard InChI is InChI=1S/C15H20N2O3S/c18-15(17-8-11-5-6-21(19,20)10-11)14-7-12-3-1-2-4-13(12)9-16-14/h1-4,11,14,16H,5-10H2,(H,17,18). The monoisotopic (exact) mass is 308 g/mol. The van der Waals surface area contributed by atoms with Crippen LogP contribution in [0.15, 0.2) is 24.3 Å². The van der Waals surface area contributed by atoms with E-state index in [2.05, 4.69) is 22.8 Å². The Morgan fingerprint density at radius 1 is 1.29 bits per heavy atom. The summed E-state index contributed by atoms with van der Waals surface area (Å²) in [5.74, 6) is 0.486. The third-order valence-corrected chi connectivity index (χ3v) is 6.13. The number of hydrogen-bond donors (Lipinski definition) is 2. The third-order valence-electron chi connectivity index (χ3n) is 4.29. The van der Waals surface area contributed by atoms with Crippen LogP contribution in [-0.2, 0) is 27.6 Å². The van der Waals surface area contributed by atoms with Crippen LogP contribution in [0.4, 0.5) is 0 Å². The maximum absolute atomic E-state index is 12.2. The summed E-state index contributed by atoms with van der Waals surface area (Å²) in [6.07, 6.45) is 1.34. The van der Waals surface area contributed by atoms with Crippen molar-refractivity contribution in [1.29, 1.82) is 0 Å². The van der Waals surface area contributed by atoms with E-state index in [1.165, 1.54) is 11.1 Å². The first-order valence-corrected chi connectivity index (χ1v) is 9.14. The molecular weight excluding hydrogens is 288 g/mol. The predicted octanol–water partition coefficient (Wildman–Crippen LogP) is 0.252. The molecular formula is C15H20N2O3S. The van der Waals surface area contributed by atoms with Crippen molar-refractivity contribution in [3.05, 3.63) is 35.4 Å². The second kappa shape index (κ2) is 5.77. The molecule has 2 aliphatic rings. The number of carbonyl (C=O) groups is 1. The molecule has 2 N–H and O–H groups in total. The Kier molecular flexibility index (Phi) is 3.99. The number of benzene rings is 1. The molecule has 2 unspecified atom stereocenters. The first-order valence-electron chi connectivity index (χ1n) is 7.32. The van der Waals surface area contributed by atoms with Crippen molar-refractivity contribution in [2.24, 2.45) is 5.92 Å². The lowest BCUT2D eigenvalue weighted by Crippen LogP contribution is -2.48. The fourth-order valence-electron chi connectivity index (χ4n) is 3.04. The summed E-state index contributed by atoms with van der Waals surface area (Å²) in [6, 6.07) is 7.89. The van der Waals surface area contributed by atoms with Gasteiger partial charge in [0.1, 0.15) is 0 Å². The van der Waals surface area contributed by atoms with Crippen LogP contribution in [0.25, 0.3) is 0 Å². The number of hydrogen-bond acceptors (Lipinski definition) is 4. The first-order chi connectivity index (χ1) is 10.0. The summed E-state index contributed by atoms with van der Waals surface area (Å²) in [5, 5.41) is 6.13. The maximum Gasteiger partial charge on any atom is 0.237 e. The van der Waals surface area contributed by atoms with Crippen molar-refractivity contribution in [3.63, 3.8) is 0 Å². The van der Waals surface area contributed by atoms with Crippen molar-refractivity contribution in [1.82, 2.24) is 10.6 Å². The molecule has 0 aliphatic carbocycles. The molecule has 6 heteroatoms. The van der Waals surface area contributed by atoms with Crippen molar-refractivity contribution in [2.45, 2.75) is 25.4 Å². The Morgan fingerprint density at radius 3 is 2.76 bits per heavy atom. The van der Waals surface area contributed by atoms with Gasteiger partial charge in [-0.2, -0.15) is 0 Å². The molecule has 2 heterocycles. The molecule has 0 radical (unpaired) electrons. The van der Waals surface area contributed by atoms with Gasteiger partial charge in [0, 0.05) is 13.1 Å². The molecule has 2 aliphatic heterocycles. The van der Waals surface area contributed by atoms with Gasteiger partial charge in [-0.3, -0.25) is 4.79 Å². The van der Waals surface area contributed by atoms with Crippen LogP contribution in [0, 0.1) is 5.92 Å². The zero-order valence-corrected chi connectivity index (χ0v) is 12.7.